The van der Waals surface area contributed by atoms with Crippen LogP contribution in [-0.4, -0.2) is 40.4 Å². The Morgan fingerprint density at radius 3 is 2.88 bits per heavy atom. The lowest BCUT2D eigenvalue weighted by molar-refractivity contribution is 0.0792. The number of pyridine rings is 1. The lowest BCUT2D eigenvalue weighted by Gasteiger charge is -2.15. The van der Waals surface area contributed by atoms with E-state index in [1.54, 1.807) is 25.4 Å². The third kappa shape index (κ3) is 4.03. The van der Waals surface area contributed by atoms with Gasteiger partial charge in [-0.3, -0.25) is 4.79 Å². The zero-order valence-corrected chi connectivity index (χ0v) is 10.9. The highest BCUT2D eigenvalue weighted by Crippen LogP contribution is 2.08. The number of halogens is 1. The molecule has 6 nitrogen and oxygen atoms in total. The van der Waals surface area contributed by atoms with Crippen LogP contribution in [0.15, 0.2) is 28.0 Å². The maximum atomic E-state index is 11.9. The maximum Gasteiger partial charge on any atom is 0.272 e. The zero-order valence-electron chi connectivity index (χ0n) is 9.30. The third-order valence-electron chi connectivity index (χ3n) is 2.13. The van der Waals surface area contributed by atoms with Crippen molar-refractivity contribution in [3.05, 3.63) is 28.5 Å². The van der Waals surface area contributed by atoms with Gasteiger partial charge in [0.25, 0.3) is 5.91 Å². The molecule has 0 unspecified atom stereocenters. The first kappa shape index (κ1) is 13.4. The molecule has 0 saturated carbocycles. The normalized spacial score (nSPS) is 11.3. The van der Waals surface area contributed by atoms with Gasteiger partial charge < -0.3 is 15.8 Å². The lowest BCUT2D eigenvalue weighted by Crippen LogP contribution is -2.31. The molecule has 17 heavy (non-hydrogen) atoms. The van der Waals surface area contributed by atoms with Crippen LogP contribution in [-0.2, 0) is 0 Å². The largest absolute Gasteiger partial charge is 0.409 e. The lowest BCUT2D eigenvalue weighted by atomic mass is 10.3. The van der Waals surface area contributed by atoms with Gasteiger partial charge in [-0.2, -0.15) is 0 Å². The Bertz CT molecular complexity index is 419. The molecule has 3 N–H and O–H groups in total. The average molecular weight is 301 g/mol. The Kier molecular flexibility index (Phi) is 4.89. The summed E-state index contributed by atoms with van der Waals surface area (Å²) in [4.78, 5) is 17.3. The molecule has 0 aliphatic rings. The number of aromatic nitrogens is 1. The minimum atomic E-state index is -0.205. The summed E-state index contributed by atoms with van der Waals surface area (Å²) in [6.45, 7) is 0.368. The molecule has 0 atom stereocenters. The van der Waals surface area contributed by atoms with Gasteiger partial charge in [0, 0.05) is 30.7 Å². The summed E-state index contributed by atoms with van der Waals surface area (Å²) in [6.07, 6.45) is 1.87. The summed E-state index contributed by atoms with van der Waals surface area (Å²) in [7, 11) is 1.64. The number of amidine groups is 1. The number of carbonyl (C=O) groups is 1. The van der Waals surface area contributed by atoms with Crippen LogP contribution >= 0.6 is 15.9 Å². The molecule has 0 saturated heterocycles. The molecule has 1 amide bonds. The van der Waals surface area contributed by atoms with E-state index in [0.29, 0.717) is 18.7 Å². The molecule has 0 aliphatic carbocycles. The van der Waals surface area contributed by atoms with Crippen LogP contribution in [0.1, 0.15) is 16.9 Å². The van der Waals surface area contributed by atoms with E-state index in [1.807, 2.05) is 0 Å². The zero-order chi connectivity index (χ0) is 12.8. The van der Waals surface area contributed by atoms with Gasteiger partial charge in [0.15, 0.2) is 0 Å². The van der Waals surface area contributed by atoms with E-state index >= 15 is 0 Å². The van der Waals surface area contributed by atoms with Crippen molar-refractivity contribution in [1.82, 2.24) is 9.88 Å². The Labute approximate surface area is 107 Å². The van der Waals surface area contributed by atoms with Crippen molar-refractivity contribution < 1.29 is 10.0 Å². The van der Waals surface area contributed by atoms with E-state index in [4.69, 9.17) is 10.9 Å². The van der Waals surface area contributed by atoms with E-state index in [2.05, 4.69) is 26.1 Å². The van der Waals surface area contributed by atoms with Crippen LogP contribution in [0.3, 0.4) is 0 Å². The van der Waals surface area contributed by atoms with Crippen LogP contribution in [0.5, 0.6) is 0 Å². The first-order chi connectivity index (χ1) is 8.04. The van der Waals surface area contributed by atoms with Crippen LogP contribution in [0.4, 0.5) is 0 Å². The molecule has 0 fully saturated rings. The maximum absolute atomic E-state index is 11.9. The molecule has 0 aliphatic heterocycles. The number of oxime groups is 1. The van der Waals surface area contributed by atoms with Crippen LogP contribution in [0.2, 0.25) is 0 Å². The van der Waals surface area contributed by atoms with Crippen molar-refractivity contribution in [2.45, 2.75) is 6.42 Å². The molecule has 0 spiro atoms. The number of amides is 1. The van der Waals surface area contributed by atoms with Crippen molar-refractivity contribution in [2.75, 3.05) is 13.6 Å². The summed E-state index contributed by atoms with van der Waals surface area (Å²) in [5, 5.41) is 11.2. The second-order valence-electron chi connectivity index (χ2n) is 3.43. The van der Waals surface area contributed by atoms with Gasteiger partial charge >= 0.3 is 0 Å². The second kappa shape index (κ2) is 6.19. The summed E-state index contributed by atoms with van der Waals surface area (Å²) in [5.41, 5.74) is 5.68. The molecular weight excluding hydrogens is 288 g/mol. The van der Waals surface area contributed by atoms with Gasteiger partial charge in [-0.05, 0) is 28.1 Å². The molecule has 92 valence electrons. The smallest absolute Gasteiger partial charge is 0.272 e. The fourth-order valence-corrected chi connectivity index (χ4v) is 1.37. The monoisotopic (exact) mass is 300 g/mol. The first-order valence-electron chi connectivity index (χ1n) is 4.88. The molecule has 1 aromatic rings. The van der Waals surface area contributed by atoms with Gasteiger partial charge in [-0.1, -0.05) is 5.16 Å². The topological polar surface area (TPSA) is 91.8 Å². The molecule has 1 rings (SSSR count). The summed E-state index contributed by atoms with van der Waals surface area (Å²) in [6, 6.07) is 3.38. The van der Waals surface area contributed by atoms with Crippen molar-refractivity contribution in [3.8, 4) is 0 Å². The van der Waals surface area contributed by atoms with Crippen LogP contribution < -0.4 is 5.73 Å². The van der Waals surface area contributed by atoms with Crippen LogP contribution in [0.25, 0.3) is 0 Å². The van der Waals surface area contributed by atoms with E-state index in [1.165, 1.54) is 4.90 Å². The van der Waals surface area contributed by atoms with Crippen molar-refractivity contribution in [3.63, 3.8) is 0 Å². The molecule has 0 aromatic carbocycles. The Morgan fingerprint density at radius 2 is 2.35 bits per heavy atom. The molecule has 0 bridgehead atoms. The summed E-state index contributed by atoms with van der Waals surface area (Å²) >= 11 is 3.24. The number of hydrogen-bond donors (Lipinski definition) is 2. The standard InChI is InChI=1S/C10H13BrN4O2/c1-15(5-4-9(12)14-17)10(16)8-3-2-7(11)6-13-8/h2-3,6,17H,4-5H2,1H3,(H2,12,14). The molecular formula is C10H13BrN4O2. The van der Waals surface area contributed by atoms with Gasteiger partial charge in [0.1, 0.15) is 11.5 Å². The third-order valence-corrected chi connectivity index (χ3v) is 2.59. The molecule has 7 heteroatoms. The predicted octanol–water partition coefficient (Wildman–Crippen LogP) is 1.05. The Hall–Kier alpha value is -1.63. The Balaban J connectivity index is 2.60. The SMILES string of the molecule is CN(CCC(N)=NO)C(=O)c1ccc(Br)cn1. The van der Waals surface area contributed by atoms with E-state index in [9.17, 15) is 4.79 Å². The first-order valence-corrected chi connectivity index (χ1v) is 5.67. The second-order valence-corrected chi connectivity index (χ2v) is 4.35. The number of carbonyl (C=O) groups excluding carboxylic acids is 1. The molecule has 1 heterocycles. The highest BCUT2D eigenvalue weighted by molar-refractivity contribution is 9.10. The number of nitrogens with two attached hydrogens (primary N) is 1. The highest BCUT2D eigenvalue weighted by Gasteiger charge is 2.12. The van der Waals surface area contributed by atoms with E-state index < -0.39 is 0 Å². The van der Waals surface area contributed by atoms with Crippen molar-refractivity contribution in [2.24, 2.45) is 10.9 Å². The number of rotatable bonds is 4. The molecule has 1 aromatic heterocycles. The fourth-order valence-electron chi connectivity index (χ4n) is 1.13. The fraction of sp³-hybridized carbons (Fsp3) is 0.300. The van der Waals surface area contributed by atoms with Gasteiger partial charge in [-0.25, -0.2) is 4.98 Å². The number of hydrogen-bond acceptors (Lipinski definition) is 4. The summed E-state index contributed by atoms with van der Waals surface area (Å²) < 4.78 is 0.813. The minimum absolute atomic E-state index is 0.0911. The van der Waals surface area contributed by atoms with Crippen molar-refractivity contribution in [1.29, 1.82) is 0 Å². The van der Waals surface area contributed by atoms with Gasteiger partial charge in [0.05, 0.1) is 0 Å². The van der Waals surface area contributed by atoms with E-state index in [0.717, 1.165) is 4.47 Å². The van der Waals surface area contributed by atoms with Gasteiger partial charge in [-0.15, -0.1) is 0 Å². The predicted molar refractivity (Wildman–Crippen MR) is 66.9 cm³/mol. The summed E-state index contributed by atoms with van der Waals surface area (Å²) in [5.74, 6) is -0.114. The van der Waals surface area contributed by atoms with E-state index in [-0.39, 0.29) is 11.7 Å². The molecule has 0 radical (unpaired) electrons. The minimum Gasteiger partial charge on any atom is -0.409 e. The van der Waals surface area contributed by atoms with Crippen LogP contribution in [0, 0.1) is 0 Å². The highest BCUT2D eigenvalue weighted by atomic mass is 79.9. The quantitative estimate of drug-likeness (QED) is 0.376. The number of nitrogens with zero attached hydrogens (tertiary/aromatic N) is 3. The van der Waals surface area contributed by atoms with Crippen molar-refractivity contribution >= 4 is 27.7 Å². The Morgan fingerprint density at radius 1 is 1.65 bits per heavy atom. The van der Waals surface area contributed by atoms with Gasteiger partial charge in [0.2, 0.25) is 0 Å². The average Bonchev–Trinajstić information content (AvgIpc) is 2.35.